The summed E-state index contributed by atoms with van der Waals surface area (Å²) in [4.78, 5) is 25.8. The molecule has 2 aliphatic carbocycles. The fourth-order valence-electron chi connectivity index (χ4n) is 7.95. The van der Waals surface area contributed by atoms with Gasteiger partial charge in [0.25, 0.3) is 11.8 Å². The first kappa shape index (κ1) is 35.7. The maximum atomic E-state index is 17.1. The van der Waals surface area contributed by atoms with E-state index in [1.807, 2.05) is 48.3 Å². The van der Waals surface area contributed by atoms with Crippen molar-refractivity contribution in [3.05, 3.63) is 101 Å². The Morgan fingerprint density at radius 2 is 1.74 bits per heavy atom. The van der Waals surface area contributed by atoms with E-state index in [0.29, 0.717) is 6.54 Å². The first-order chi connectivity index (χ1) is 25.8. The summed E-state index contributed by atoms with van der Waals surface area (Å²) < 4.78 is 57.9. The first-order valence-corrected chi connectivity index (χ1v) is 18.0. The second kappa shape index (κ2) is 15.5. The lowest BCUT2D eigenvalue weighted by atomic mass is 9.83. The number of benzene rings is 3. The Morgan fingerprint density at radius 1 is 0.962 bits per heavy atom. The first-order valence-electron chi connectivity index (χ1n) is 18.0. The Bertz CT molecular complexity index is 2050. The second-order valence-corrected chi connectivity index (χ2v) is 13.5. The molecule has 7 rings (SSSR count). The number of halogens is 2. The van der Waals surface area contributed by atoms with Gasteiger partial charge in [-0.3, -0.25) is 9.79 Å². The van der Waals surface area contributed by atoms with Crippen molar-refractivity contribution in [2.45, 2.75) is 45.8 Å². The van der Waals surface area contributed by atoms with Crippen molar-refractivity contribution in [2.24, 2.45) is 22.7 Å². The molecule has 0 N–H and O–H groups in total. The smallest absolute Gasteiger partial charge is 0.311 e. The van der Waals surface area contributed by atoms with Crippen LogP contribution in [0.25, 0.3) is 0 Å². The number of hydrogen-bond donors (Lipinski definition) is 0. The van der Waals surface area contributed by atoms with Crippen molar-refractivity contribution in [1.82, 2.24) is 9.88 Å². The molecule has 3 aromatic carbocycles. The van der Waals surface area contributed by atoms with Crippen LogP contribution in [0.4, 0.5) is 14.5 Å². The standard InChI is InChI=1S/C41H41F2N5O5/c1-4-48(36-28-16-15-27(21-28)33(36)41(49)50-5-2)37-34(42)39(52-30-13-9-12-29(22-30)38-45-18-19-47(38)3)46-40(35(37)43)53-32-20-26(23-44)14-17-31(32)51-24-25-10-7-6-8-11-25/h6-14,17,20,22,27-28,33,36H,4-5,15-16,18-19,21,24H2,1-3H3. The number of pyridine rings is 1. The molecule has 1 aliphatic heterocycles. The third-order valence-electron chi connectivity index (χ3n) is 10.3. The Labute approximate surface area is 307 Å². The average molecular weight is 722 g/mol. The molecule has 10 nitrogen and oxygen atoms in total. The van der Waals surface area contributed by atoms with Gasteiger partial charge in [-0.1, -0.05) is 42.5 Å². The minimum atomic E-state index is -1.07. The lowest BCUT2D eigenvalue weighted by Gasteiger charge is -2.40. The third-order valence-corrected chi connectivity index (χ3v) is 10.3. The normalized spacial score (nSPS) is 20.2. The predicted molar refractivity (Wildman–Crippen MR) is 194 cm³/mol. The van der Waals surface area contributed by atoms with Gasteiger partial charge in [0.15, 0.2) is 11.5 Å². The number of fused-ring (bicyclic) bond motifs is 2. The van der Waals surface area contributed by atoms with Crippen LogP contribution in [0.5, 0.6) is 29.0 Å². The summed E-state index contributed by atoms with van der Waals surface area (Å²) in [7, 11) is 1.94. The van der Waals surface area contributed by atoms with E-state index < -0.39 is 41.0 Å². The molecule has 0 radical (unpaired) electrons. The van der Waals surface area contributed by atoms with Gasteiger partial charge in [-0.2, -0.15) is 19.0 Å². The van der Waals surface area contributed by atoms with E-state index in [4.69, 9.17) is 18.9 Å². The van der Waals surface area contributed by atoms with Crippen LogP contribution in [0, 0.1) is 40.7 Å². The van der Waals surface area contributed by atoms with Gasteiger partial charge in [0.1, 0.15) is 23.9 Å². The zero-order chi connectivity index (χ0) is 37.1. The topological polar surface area (TPSA) is 110 Å². The van der Waals surface area contributed by atoms with Crippen molar-refractivity contribution < 1.29 is 32.5 Å². The van der Waals surface area contributed by atoms with E-state index in [-0.39, 0.29) is 60.4 Å². The predicted octanol–water partition coefficient (Wildman–Crippen LogP) is 7.89. The number of hydrogen-bond acceptors (Lipinski definition) is 10. The van der Waals surface area contributed by atoms with Gasteiger partial charge in [0.05, 0.1) is 30.7 Å². The molecule has 4 aromatic rings. The van der Waals surface area contributed by atoms with E-state index in [2.05, 4.69) is 16.0 Å². The lowest BCUT2D eigenvalue weighted by molar-refractivity contribution is -0.150. The van der Waals surface area contributed by atoms with E-state index in [0.717, 1.165) is 42.8 Å². The van der Waals surface area contributed by atoms with Crippen LogP contribution in [0.3, 0.4) is 0 Å². The van der Waals surface area contributed by atoms with E-state index in [1.54, 1.807) is 49.1 Å². The molecule has 4 atom stereocenters. The van der Waals surface area contributed by atoms with Crippen LogP contribution in [0.15, 0.2) is 77.8 Å². The van der Waals surface area contributed by atoms with Crippen molar-refractivity contribution in [2.75, 3.05) is 38.2 Å². The van der Waals surface area contributed by atoms with E-state index in [9.17, 15) is 10.1 Å². The molecule has 4 unspecified atom stereocenters. The van der Waals surface area contributed by atoms with Crippen molar-refractivity contribution in [3.63, 3.8) is 0 Å². The molecule has 0 amide bonds. The SMILES string of the molecule is CCOC(=O)C1C2CCC(C2)C1N(CC)c1c(F)c(Oc2cccc(C3=NCCN3C)c2)nc(Oc2cc(C#N)ccc2OCc2ccccc2)c1F. The monoisotopic (exact) mass is 721 g/mol. The molecule has 0 spiro atoms. The van der Waals surface area contributed by atoms with Gasteiger partial charge in [-0.05, 0) is 74.8 Å². The van der Waals surface area contributed by atoms with Crippen LogP contribution in [-0.2, 0) is 16.1 Å². The fraction of sp³-hybridized carbons (Fsp3) is 0.366. The molecule has 12 heteroatoms. The highest BCUT2D eigenvalue weighted by Crippen LogP contribution is 2.53. The van der Waals surface area contributed by atoms with Crippen molar-refractivity contribution in [1.29, 1.82) is 5.26 Å². The molecular formula is C41H41F2N5O5. The van der Waals surface area contributed by atoms with Gasteiger partial charge >= 0.3 is 5.97 Å². The largest absolute Gasteiger partial charge is 0.485 e. The number of aromatic nitrogens is 1. The van der Waals surface area contributed by atoms with E-state index >= 15 is 8.78 Å². The number of nitriles is 1. The molecule has 274 valence electrons. The van der Waals surface area contributed by atoms with Crippen molar-refractivity contribution >= 4 is 17.5 Å². The number of anilines is 1. The summed E-state index contributed by atoms with van der Waals surface area (Å²) in [5.41, 5.74) is 1.46. The zero-order valence-electron chi connectivity index (χ0n) is 29.9. The molecule has 2 saturated carbocycles. The number of aliphatic imine (C=N–C) groups is 1. The molecule has 2 heterocycles. The quantitative estimate of drug-likeness (QED) is 0.127. The number of rotatable bonds is 13. The molecule has 3 aliphatic rings. The molecular weight excluding hydrogens is 680 g/mol. The van der Waals surface area contributed by atoms with Gasteiger partial charge < -0.3 is 28.7 Å². The zero-order valence-corrected chi connectivity index (χ0v) is 29.9. The Balaban J connectivity index is 1.32. The molecule has 1 aromatic heterocycles. The minimum absolute atomic E-state index is 0.00606. The van der Waals surface area contributed by atoms with E-state index in [1.165, 1.54) is 6.07 Å². The van der Waals surface area contributed by atoms with Crippen LogP contribution in [0.1, 0.15) is 49.8 Å². The third kappa shape index (κ3) is 7.20. The number of ether oxygens (including phenoxy) is 4. The molecule has 2 bridgehead atoms. The number of carbonyl (C=O) groups excluding carboxylic acids is 1. The number of esters is 1. The van der Waals surface area contributed by atoms with Crippen molar-refractivity contribution in [3.8, 4) is 35.1 Å². The number of likely N-dealkylation sites (N-methyl/N-ethyl adjacent to an activating group) is 1. The summed E-state index contributed by atoms with van der Waals surface area (Å²) in [6.45, 7) is 5.52. The van der Waals surface area contributed by atoms with Gasteiger partial charge in [0.2, 0.25) is 11.6 Å². The average Bonchev–Trinajstić information content (AvgIpc) is 3.92. The summed E-state index contributed by atoms with van der Waals surface area (Å²) in [5, 5.41) is 9.71. The van der Waals surface area contributed by atoms with Crippen LogP contribution >= 0.6 is 0 Å². The van der Waals surface area contributed by atoms with Crippen LogP contribution < -0.4 is 19.1 Å². The second-order valence-electron chi connectivity index (χ2n) is 13.5. The van der Waals surface area contributed by atoms with Crippen LogP contribution in [-0.4, -0.2) is 61.0 Å². The maximum absolute atomic E-state index is 17.1. The highest BCUT2D eigenvalue weighted by atomic mass is 19.1. The molecule has 2 fully saturated rings. The minimum Gasteiger partial charge on any atom is -0.485 e. The Hall–Kier alpha value is -5.70. The Kier molecular flexibility index (Phi) is 10.4. The summed E-state index contributed by atoms with van der Waals surface area (Å²) >= 11 is 0. The summed E-state index contributed by atoms with van der Waals surface area (Å²) in [6.07, 6.45) is 2.45. The Morgan fingerprint density at radius 3 is 2.45 bits per heavy atom. The summed E-state index contributed by atoms with van der Waals surface area (Å²) in [5.74, 6) is -2.80. The van der Waals surface area contributed by atoms with Crippen LogP contribution in [0.2, 0.25) is 0 Å². The summed E-state index contributed by atoms with van der Waals surface area (Å²) in [6, 6.07) is 22.6. The molecule has 0 saturated heterocycles. The lowest BCUT2D eigenvalue weighted by Crippen LogP contribution is -2.48. The molecule has 53 heavy (non-hydrogen) atoms. The number of carbonyl (C=O) groups is 1. The highest BCUT2D eigenvalue weighted by Gasteiger charge is 2.54. The van der Waals surface area contributed by atoms with Gasteiger partial charge in [-0.25, -0.2) is 0 Å². The highest BCUT2D eigenvalue weighted by molar-refractivity contribution is 5.99. The number of nitrogens with zero attached hydrogens (tertiary/aromatic N) is 5. The van der Waals surface area contributed by atoms with Gasteiger partial charge in [0, 0.05) is 37.8 Å². The number of amidine groups is 1. The fourth-order valence-corrected chi connectivity index (χ4v) is 7.95. The van der Waals surface area contributed by atoms with Gasteiger partial charge in [-0.15, -0.1) is 0 Å². The maximum Gasteiger partial charge on any atom is 0.311 e.